The molecule has 9 heteroatoms. The fourth-order valence-electron chi connectivity index (χ4n) is 3.03. The number of hydrogen-bond acceptors (Lipinski definition) is 4. The van der Waals surface area contributed by atoms with E-state index >= 15 is 0 Å². The van der Waals surface area contributed by atoms with Crippen molar-refractivity contribution in [1.29, 1.82) is 0 Å². The van der Waals surface area contributed by atoms with Crippen LogP contribution in [0, 0.1) is 0 Å². The zero-order valence-corrected chi connectivity index (χ0v) is 15.5. The summed E-state index contributed by atoms with van der Waals surface area (Å²) in [7, 11) is 0. The third kappa shape index (κ3) is 3.39. The minimum absolute atomic E-state index is 0.244. The third-order valence-electron chi connectivity index (χ3n) is 4.44. The Morgan fingerprint density at radius 1 is 1.15 bits per heavy atom. The number of anilines is 1. The van der Waals surface area contributed by atoms with Gasteiger partial charge in [0.2, 0.25) is 5.95 Å². The lowest BCUT2D eigenvalue weighted by Crippen LogP contribution is -2.09. The van der Waals surface area contributed by atoms with E-state index in [2.05, 4.69) is 22.7 Å². The van der Waals surface area contributed by atoms with Crippen LogP contribution < -0.4 is 5.73 Å². The summed E-state index contributed by atoms with van der Waals surface area (Å²) in [4.78, 5) is 4.08. The minimum atomic E-state index is -4.69. The molecular weight excluding hydrogens is 397 g/mol. The van der Waals surface area contributed by atoms with Crippen LogP contribution in [0.3, 0.4) is 0 Å². The number of aromatic nitrogens is 3. The van der Waals surface area contributed by atoms with E-state index in [9.17, 15) is 13.2 Å². The van der Waals surface area contributed by atoms with Crippen LogP contribution in [0.5, 0.6) is 0 Å². The lowest BCUT2D eigenvalue weighted by atomic mass is 9.96. The highest BCUT2D eigenvalue weighted by Gasteiger charge is 2.37. The van der Waals surface area contributed by atoms with Crippen molar-refractivity contribution in [2.45, 2.75) is 29.8 Å². The maximum atomic E-state index is 12.9. The number of nitrogen functional groups attached to an aromatic ring is 1. The highest BCUT2D eigenvalue weighted by Crippen LogP contribution is 2.47. The number of nitrogens with two attached hydrogens (primary N) is 1. The van der Waals surface area contributed by atoms with Gasteiger partial charge in [0.05, 0.1) is 10.7 Å². The lowest BCUT2D eigenvalue weighted by molar-refractivity contribution is -0.144. The molecule has 0 spiro atoms. The van der Waals surface area contributed by atoms with Crippen LogP contribution in [0.15, 0.2) is 41.3 Å². The van der Waals surface area contributed by atoms with E-state index in [1.807, 2.05) is 24.3 Å². The van der Waals surface area contributed by atoms with Crippen molar-refractivity contribution >= 4 is 30.2 Å². The predicted octanol–water partition coefficient (Wildman–Crippen LogP) is 5.35. The van der Waals surface area contributed by atoms with Crippen molar-refractivity contribution in [1.82, 2.24) is 14.8 Å². The van der Waals surface area contributed by atoms with Gasteiger partial charge < -0.3 is 5.73 Å². The molecule has 0 atom stereocenters. The third-order valence-corrected chi connectivity index (χ3v) is 5.14. The van der Waals surface area contributed by atoms with Gasteiger partial charge in [-0.2, -0.15) is 22.8 Å². The number of halogens is 4. The molecular formula is C18H14ClF3N4S. The van der Waals surface area contributed by atoms with Gasteiger partial charge in [0.25, 0.3) is 5.82 Å². The zero-order chi connectivity index (χ0) is 19.3. The number of benzene rings is 2. The molecule has 0 saturated heterocycles. The molecule has 0 unspecified atom stereocenters. The van der Waals surface area contributed by atoms with Crippen LogP contribution >= 0.6 is 24.2 Å². The second-order valence-corrected chi connectivity index (χ2v) is 7.27. The first-order valence-electron chi connectivity index (χ1n) is 8.17. The Morgan fingerprint density at radius 3 is 2.44 bits per heavy atom. The van der Waals surface area contributed by atoms with Gasteiger partial charge in [0.1, 0.15) is 0 Å². The molecule has 1 saturated carbocycles. The van der Waals surface area contributed by atoms with Gasteiger partial charge in [-0.1, -0.05) is 29.8 Å². The monoisotopic (exact) mass is 410 g/mol. The summed E-state index contributed by atoms with van der Waals surface area (Å²) in [5, 5.41) is 3.78. The first-order valence-corrected chi connectivity index (χ1v) is 9.00. The first kappa shape index (κ1) is 18.2. The molecule has 27 heavy (non-hydrogen) atoms. The van der Waals surface area contributed by atoms with Crippen molar-refractivity contribution in [3.05, 3.63) is 52.8 Å². The predicted molar refractivity (Wildman–Crippen MR) is 100 cm³/mol. The Hall–Kier alpha value is -2.19. The van der Waals surface area contributed by atoms with Crippen molar-refractivity contribution in [3.63, 3.8) is 0 Å². The molecule has 2 N–H and O–H groups in total. The summed E-state index contributed by atoms with van der Waals surface area (Å²) in [6, 6.07) is 11.0. The Labute approximate surface area is 163 Å². The highest BCUT2D eigenvalue weighted by atomic mass is 35.5. The highest BCUT2D eigenvalue weighted by molar-refractivity contribution is 7.80. The molecule has 4 rings (SSSR count). The quantitative estimate of drug-likeness (QED) is 0.572. The SMILES string of the molecule is Nc1nc(C(F)(F)F)nn1-c1cc(-c2ccccc2S)c(C2CC2)cc1Cl. The summed E-state index contributed by atoms with van der Waals surface area (Å²) in [5.41, 5.74) is 8.69. The van der Waals surface area contributed by atoms with Crippen LogP contribution in [0.25, 0.3) is 16.8 Å². The van der Waals surface area contributed by atoms with E-state index in [-0.39, 0.29) is 16.7 Å². The Bertz CT molecular complexity index is 1030. The smallest absolute Gasteiger partial charge is 0.368 e. The molecule has 0 bridgehead atoms. The second kappa shape index (κ2) is 6.45. The normalized spacial score (nSPS) is 14.6. The van der Waals surface area contributed by atoms with E-state index in [1.54, 1.807) is 12.1 Å². The maximum Gasteiger partial charge on any atom is 0.453 e. The van der Waals surface area contributed by atoms with Crippen LogP contribution in [-0.4, -0.2) is 14.8 Å². The molecule has 0 amide bonds. The topological polar surface area (TPSA) is 56.7 Å². The first-order chi connectivity index (χ1) is 12.8. The molecule has 1 aliphatic rings. The molecule has 1 aromatic heterocycles. The summed E-state index contributed by atoms with van der Waals surface area (Å²) in [5.74, 6) is -1.31. The van der Waals surface area contributed by atoms with E-state index in [0.717, 1.165) is 39.1 Å². The van der Waals surface area contributed by atoms with Crippen molar-refractivity contribution < 1.29 is 13.2 Å². The summed E-state index contributed by atoms with van der Waals surface area (Å²) in [6.07, 6.45) is -2.61. The minimum Gasteiger partial charge on any atom is -0.368 e. The number of thiol groups is 1. The number of hydrogen-bond donors (Lipinski definition) is 2. The van der Waals surface area contributed by atoms with Gasteiger partial charge in [-0.05, 0) is 53.6 Å². The molecule has 140 valence electrons. The average molecular weight is 411 g/mol. The molecule has 3 aromatic rings. The largest absolute Gasteiger partial charge is 0.453 e. The fourth-order valence-corrected chi connectivity index (χ4v) is 3.56. The van der Waals surface area contributed by atoms with Gasteiger partial charge in [0, 0.05) is 4.90 Å². The van der Waals surface area contributed by atoms with E-state index in [1.165, 1.54) is 0 Å². The van der Waals surface area contributed by atoms with Crippen molar-refractivity contribution in [2.24, 2.45) is 0 Å². The number of alkyl halides is 3. The Kier molecular flexibility index (Phi) is 4.35. The second-order valence-electron chi connectivity index (χ2n) is 6.39. The van der Waals surface area contributed by atoms with Crippen LogP contribution in [-0.2, 0) is 6.18 Å². The summed E-state index contributed by atoms with van der Waals surface area (Å²) in [6.45, 7) is 0. The molecule has 0 radical (unpaired) electrons. The van der Waals surface area contributed by atoms with Gasteiger partial charge in [-0.15, -0.1) is 17.7 Å². The Balaban J connectivity index is 1.92. The van der Waals surface area contributed by atoms with Crippen LogP contribution in [0.2, 0.25) is 5.02 Å². The van der Waals surface area contributed by atoms with Crippen molar-refractivity contribution in [2.75, 3.05) is 5.73 Å². The fraction of sp³-hybridized carbons (Fsp3) is 0.222. The lowest BCUT2D eigenvalue weighted by Gasteiger charge is -2.15. The van der Waals surface area contributed by atoms with Crippen LogP contribution in [0.1, 0.15) is 30.1 Å². The molecule has 0 aliphatic heterocycles. The molecule has 2 aromatic carbocycles. The molecule has 1 fully saturated rings. The standard InChI is InChI=1S/C18H14ClF3N4S/c19-13-7-11(9-5-6-9)12(10-3-1-2-4-15(10)27)8-14(13)26-17(23)24-16(25-26)18(20,21)22/h1-4,7-9,27H,5-6H2,(H2,23,24,25). The van der Waals surface area contributed by atoms with Gasteiger partial charge in [-0.25, -0.2) is 0 Å². The summed E-state index contributed by atoms with van der Waals surface area (Å²) < 4.78 is 39.7. The average Bonchev–Trinajstić information content (AvgIpc) is 3.37. The van der Waals surface area contributed by atoms with Crippen molar-refractivity contribution in [3.8, 4) is 16.8 Å². The van der Waals surface area contributed by atoms with E-state index in [0.29, 0.717) is 5.92 Å². The zero-order valence-electron chi connectivity index (χ0n) is 13.8. The number of rotatable bonds is 3. The Morgan fingerprint density at radius 2 is 1.85 bits per heavy atom. The van der Waals surface area contributed by atoms with E-state index < -0.39 is 12.0 Å². The molecule has 4 nitrogen and oxygen atoms in total. The van der Waals surface area contributed by atoms with Gasteiger partial charge in [-0.3, -0.25) is 0 Å². The van der Waals surface area contributed by atoms with Gasteiger partial charge >= 0.3 is 6.18 Å². The number of nitrogens with zero attached hydrogens (tertiary/aromatic N) is 3. The molecule has 1 heterocycles. The summed E-state index contributed by atoms with van der Waals surface area (Å²) >= 11 is 10.9. The van der Waals surface area contributed by atoms with Crippen LogP contribution in [0.4, 0.5) is 19.1 Å². The van der Waals surface area contributed by atoms with E-state index in [4.69, 9.17) is 17.3 Å². The molecule has 1 aliphatic carbocycles. The maximum absolute atomic E-state index is 12.9. The van der Waals surface area contributed by atoms with Gasteiger partial charge in [0.15, 0.2) is 0 Å².